The zero-order valence-corrected chi connectivity index (χ0v) is 8.03. The Morgan fingerprint density at radius 2 is 2.00 bits per heavy atom. The van der Waals surface area contributed by atoms with E-state index in [1.807, 2.05) is 18.2 Å². The van der Waals surface area contributed by atoms with Crippen molar-refractivity contribution in [2.75, 3.05) is 6.61 Å². The number of ether oxygens (including phenoxy) is 2. The van der Waals surface area contributed by atoms with Gasteiger partial charge in [0.05, 0.1) is 6.61 Å². The Morgan fingerprint density at radius 1 is 1.36 bits per heavy atom. The van der Waals surface area contributed by atoms with Crippen LogP contribution < -0.4 is 4.74 Å². The van der Waals surface area contributed by atoms with Crippen molar-refractivity contribution in [2.24, 2.45) is 0 Å². The van der Waals surface area contributed by atoms with Gasteiger partial charge in [0, 0.05) is 0 Å². The van der Waals surface area contributed by atoms with Gasteiger partial charge in [0.25, 0.3) is 0 Å². The summed E-state index contributed by atoms with van der Waals surface area (Å²) in [7, 11) is 0. The Kier molecular flexibility index (Phi) is 3.73. The molecule has 0 unspecified atom stereocenters. The number of rotatable bonds is 4. The molecule has 1 aromatic rings. The fraction of sp³-hybridized carbons (Fsp3) is 0.182. The second-order valence-electron chi connectivity index (χ2n) is 2.56. The van der Waals surface area contributed by atoms with Crippen LogP contribution in [0.1, 0.15) is 6.92 Å². The summed E-state index contributed by atoms with van der Waals surface area (Å²) in [5.41, 5.74) is 0. The number of para-hydroxylation sites is 1. The van der Waals surface area contributed by atoms with Crippen LogP contribution >= 0.6 is 0 Å². The van der Waals surface area contributed by atoms with Gasteiger partial charge in [0.1, 0.15) is 5.75 Å². The maximum Gasteiger partial charge on any atom is 0.373 e. The zero-order valence-electron chi connectivity index (χ0n) is 8.03. The Balaban J connectivity index is 2.53. The van der Waals surface area contributed by atoms with Crippen molar-refractivity contribution in [3.8, 4) is 5.75 Å². The van der Waals surface area contributed by atoms with E-state index in [4.69, 9.17) is 9.47 Å². The molecule has 0 spiro atoms. The predicted molar refractivity (Wildman–Crippen MR) is 52.8 cm³/mol. The lowest BCUT2D eigenvalue weighted by Crippen LogP contribution is -2.11. The van der Waals surface area contributed by atoms with E-state index in [9.17, 15) is 4.79 Å². The van der Waals surface area contributed by atoms with Crippen molar-refractivity contribution in [2.45, 2.75) is 6.92 Å². The highest BCUT2D eigenvalue weighted by Gasteiger charge is 2.09. The second-order valence-corrected chi connectivity index (χ2v) is 2.56. The lowest BCUT2D eigenvalue weighted by atomic mass is 10.3. The first-order valence-electron chi connectivity index (χ1n) is 4.33. The first-order valence-corrected chi connectivity index (χ1v) is 4.33. The summed E-state index contributed by atoms with van der Waals surface area (Å²) in [4.78, 5) is 11.1. The van der Waals surface area contributed by atoms with Crippen molar-refractivity contribution in [1.29, 1.82) is 0 Å². The van der Waals surface area contributed by atoms with Crippen LogP contribution in [0.15, 0.2) is 42.7 Å². The van der Waals surface area contributed by atoms with Gasteiger partial charge in [-0.25, -0.2) is 4.79 Å². The molecule has 0 heterocycles. The molecular formula is C11H12O3. The molecule has 0 saturated heterocycles. The van der Waals surface area contributed by atoms with Crippen LogP contribution in [0.3, 0.4) is 0 Å². The van der Waals surface area contributed by atoms with Gasteiger partial charge in [-0.1, -0.05) is 18.2 Å². The van der Waals surface area contributed by atoms with Crippen molar-refractivity contribution in [3.63, 3.8) is 0 Å². The van der Waals surface area contributed by atoms with E-state index >= 15 is 0 Å². The fourth-order valence-corrected chi connectivity index (χ4v) is 0.884. The standard InChI is InChI=1S/C11H12O3/c1-3-13-11(12)9(2)14-10-7-5-4-6-8-10/h4-8H,2-3H2,1H3. The number of hydrogen-bond acceptors (Lipinski definition) is 3. The summed E-state index contributed by atoms with van der Waals surface area (Å²) in [6.07, 6.45) is 0. The van der Waals surface area contributed by atoms with Crippen molar-refractivity contribution in [3.05, 3.63) is 42.7 Å². The molecule has 1 aromatic carbocycles. The number of hydrogen-bond donors (Lipinski definition) is 0. The van der Waals surface area contributed by atoms with Gasteiger partial charge < -0.3 is 9.47 Å². The summed E-state index contributed by atoms with van der Waals surface area (Å²) < 4.78 is 9.87. The molecule has 0 bridgehead atoms. The Hall–Kier alpha value is -1.77. The summed E-state index contributed by atoms with van der Waals surface area (Å²) >= 11 is 0. The molecule has 0 aliphatic rings. The summed E-state index contributed by atoms with van der Waals surface area (Å²) in [5, 5.41) is 0. The van der Waals surface area contributed by atoms with Crippen LogP contribution in [0.25, 0.3) is 0 Å². The maximum atomic E-state index is 11.1. The quantitative estimate of drug-likeness (QED) is 0.416. The molecule has 0 aliphatic carbocycles. The molecule has 0 aromatic heterocycles. The molecule has 74 valence electrons. The van der Waals surface area contributed by atoms with Gasteiger partial charge in [0.2, 0.25) is 5.76 Å². The average molecular weight is 192 g/mol. The van der Waals surface area contributed by atoms with Crippen LogP contribution in [0.4, 0.5) is 0 Å². The zero-order chi connectivity index (χ0) is 10.4. The Labute approximate surface area is 83.0 Å². The minimum Gasteiger partial charge on any atom is -0.460 e. The van der Waals surface area contributed by atoms with Crippen molar-refractivity contribution >= 4 is 5.97 Å². The monoisotopic (exact) mass is 192 g/mol. The summed E-state index contributed by atoms with van der Waals surface area (Å²) in [5.74, 6) is 0.0416. The summed E-state index contributed by atoms with van der Waals surface area (Å²) in [6, 6.07) is 8.97. The minimum atomic E-state index is -0.531. The second kappa shape index (κ2) is 5.07. The first-order chi connectivity index (χ1) is 6.74. The van der Waals surface area contributed by atoms with Gasteiger partial charge in [-0.15, -0.1) is 0 Å². The largest absolute Gasteiger partial charge is 0.460 e. The third kappa shape index (κ3) is 2.94. The molecule has 1 rings (SSSR count). The van der Waals surface area contributed by atoms with Gasteiger partial charge in [0.15, 0.2) is 0 Å². The van der Waals surface area contributed by atoms with E-state index in [2.05, 4.69) is 6.58 Å². The predicted octanol–water partition coefficient (Wildman–Crippen LogP) is 2.14. The van der Waals surface area contributed by atoms with E-state index in [-0.39, 0.29) is 5.76 Å². The fourth-order valence-electron chi connectivity index (χ4n) is 0.884. The third-order valence-corrected chi connectivity index (χ3v) is 1.49. The van der Waals surface area contributed by atoms with Gasteiger partial charge in [-0.05, 0) is 25.6 Å². The topological polar surface area (TPSA) is 35.5 Å². The van der Waals surface area contributed by atoms with Crippen molar-refractivity contribution in [1.82, 2.24) is 0 Å². The van der Waals surface area contributed by atoms with E-state index < -0.39 is 5.97 Å². The SMILES string of the molecule is C=C(Oc1ccccc1)C(=O)OCC. The van der Waals surface area contributed by atoms with E-state index in [0.29, 0.717) is 12.4 Å². The number of benzene rings is 1. The molecule has 3 nitrogen and oxygen atoms in total. The van der Waals surface area contributed by atoms with E-state index in [1.165, 1.54) is 0 Å². The highest BCUT2D eigenvalue weighted by molar-refractivity contribution is 5.85. The van der Waals surface area contributed by atoms with E-state index in [1.54, 1.807) is 19.1 Å². The molecule has 0 aliphatic heterocycles. The van der Waals surface area contributed by atoms with Crippen LogP contribution in [-0.4, -0.2) is 12.6 Å². The van der Waals surface area contributed by atoms with Crippen LogP contribution in [-0.2, 0) is 9.53 Å². The van der Waals surface area contributed by atoms with Gasteiger partial charge in [-0.3, -0.25) is 0 Å². The van der Waals surface area contributed by atoms with Gasteiger partial charge >= 0.3 is 5.97 Å². The third-order valence-electron chi connectivity index (χ3n) is 1.49. The molecule has 0 N–H and O–H groups in total. The maximum absolute atomic E-state index is 11.1. The average Bonchev–Trinajstić information content (AvgIpc) is 2.19. The lowest BCUT2D eigenvalue weighted by Gasteiger charge is -2.06. The minimum absolute atomic E-state index is 0.00181. The van der Waals surface area contributed by atoms with Crippen LogP contribution in [0, 0.1) is 0 Å². The van der Waals surface area contributed by atoms with Gasteiger partial charge in [-0.2, -0.15) is 0 Å². The molecule has 3 heteroatoms. The molecular weight excluding hydrogens is 180 g/mol. The smallest absolute Gasteiger partial charge is 0.373 e. The molecule has 14 heavy (non-hydrogen) atoms. The number of carbonyl (C=O) groups excluding carboxylic acids is 1. The first kappa shape index (κ1) is 10.3. The summed E-state index contributed by atoms with van der Waals surface area (Å²) in [6.45, 7) is 5.52. The Bertz CT molecular complexity index is 317. The van der Waals surface area contributed by atoms with E-state index in [0.717, 1.165) is 0 Å². The molecule has 0 radical (unpaired) electrons. The Morgan fingerprint density at radius 3 is 2.57 bits per heavy atom. The lowest BCUT2D eigenvalue weighted by molar-refractivity contribution is -0.140. The normalized spacial score (nSPS) is 9.21. The number of esters is 1. The highest BCUT2D eigenvalue weighted by atomic mass is 16.6. The number of carbonyl (C=O) groups is 1. The molecule has 0 saturated carbocycles. The molecule has 0 fully saturated rings. The van der Waals surface area contributed by atoms with Crippen LogP contribution in [0.2, 0.25) is 0 Å². The van der Waals surface area contributed by atoms with Crippen molar-refractivity contribution < 1.29 is 14.3 Å². The molecule has 0 atom stereocenters. The molecule has 0 amide bonds. The highest BCUT2D eigenvalue weighted by Crippen LogP contribution is 2.12. The van der Waals surface area contributed by atoms with Crippen LogP contribution in [0.5, 0.6) is 5.75 Å².